The zero-order valence-corrected chi connectivity index (χ0v) is 15.2. The van der Waals surface area contributed by atoms with E-state index in [0.29, 0.717) is 6.54 Å². The zero-order chi connectivity index (χ0) is 19.1. The lowest BCUT2D eigenvalue weighted by molar-refractivity contribution is -0.384. The normalized spacial score (nSPS) is 15.9. The molecule has 8 nitrogen and oxygen atoms in total. The number of nitrogens with zero attached hydrogens (tertiary/aromatic N) is 2. The average molecular weight is 362 g/mol. The number of hydrogen-bond acceptors (Lipinski definition) is 5. The van der Waals surface area contributed by atoms with Gasteiger partial charge in [0.1, 0.15) is 6.04 Å². The van der Waals surface area contributed by atoms with Crippen molar-refractivity contribution in [2.75, 3.05) is 19.6 Å². The van der Waals surface area contributed by atoms with Crippen LogP contribution in [0.15, 0.2) is 24.3 Å². The third-order valence-corrected chi connectivity index (χ3v) is 4.53. The Morgan fingerprint density at radius 1 is 1.38 bits per heavy atom. The molecule has 0 spiro atoms. The van der Waals surface area contributed by atoms with Crippen LogP contribution in [0.4, 0.5) is 5.69 Å². The van der Waals surface area contributed by atoms with Gasteiger partial charge < -0.3 is 15.5 Å². The number of hydrogen-bond donors (Lipinski definition) is 2. The van der Waals surface area contributed by atoms with Gasteiger partial charge in [0.15, 0.2) is 0 Å². The van der Waals surface area contributed by atoms with Gasteiger partial charge in [-0.3, -0.25) is 19.7 Å². The summed E-state index contributed by atoms with van der Waals surface area (Å²) in [6.07, 6.45) is 2.65. The number of nitrogens with one attached hydrogen (secondary N) is 2. The Balaban J connectivity index is 2.05. The van der Waals surface area contributed by atoms with Crippen molar-refractivity contribution in [1.29, 1.82) is 0 Å². The van der Waals surface area contributed by atoms with Gasteiger partial charge in [0, 0.05) is 30.3 Å². The molecular formula is C18H26N4O4. The number of rotatable bonds is 7. The predicted octanol–water partition coefficient (Wildman–Crippen LogP) is 1.70. The molecule has 2 amide bonds. The van der Waals surface area contributed by atoms with Crippen LogP contribution in [-0.4, -0.2) is 53.4 Å². The quantitative estimate of drug-likeness (QED) is 0.567. The highest BCUT2D eigenvalue weighted by molar-refractivity contribution is 5.97. The van der Waals surface area contributed by atoms with Crippen molar-refractivity contribution in [3.8, 4) is 0 Å². The fourth-order valence-corrected chi connectivity index (χ4v) is 3.18. The van der Waals surface area contributed by atoms with Crippen LogP contribution in [0.1, 0.15) is 43.5 Å². The first kappa shape index (κ1) is 19.8. The van der Waals surface area contributed by atoms with E-state index >= 15 is 0 Å². The molecule has 0 aromatic heterocycles. The van der Waals surface area contributed by atoms with Gasteiger partial charge in [-0.25, -0.2) is 0 Å². The van der Waals surface area contributed by atoms with E-state index in [1.807, 2.05) is 11.8 Å². The average Bonchev–Trinajstić information content (AvgIpc) is 2.66. The molecule has 1 saturated heterocycles. The van der Waals surface area contributed by atoms with E-state index in [1.54, 1.807) is 6.92 Å². The lowest BCUT2D eigenvalue weighted by Crippen LogP contribution is -2.53. The van der Waals surface area contributed by atoms with Crippen LogP contribution in [0.5, 0.6) is 0 Å². The summed E-state index contributed by atoms with van der Waals surface area (Å²) in [6, 6.07) is 4.98. The van der Waals surface area contributed by atoms with Crippen molar-refractivity contribution >= 4 is 17.5 Å². The fraction of sp³-hybridized carbons (Fsp3) is 0.556. The summed E-state index contributed by atoms with van der Waals surface area (Å²) in [5, 5.41) is 16.8. The molecule has 1 fully saturated rings. The highest BCUT2D eigenvalue weighted by Crippen LogP contribution is 2.15. The Bertz CT molecular complexity index is 658. The molecule has 0 bridgehead atoms. The molecule has 26 heavy (non-hydrogen) atoms. The minimum atomic E-state index is -0.691. The van der Waals surface area contributed by atoms with Crippen molar-refractivity contribution in [2.45, 2.75) is 45.2 Å². The Hall–Kier alpha value is -2.48. The SMILES string of the molecule is CCCN(C(=O)C(C)NC(=O)c1cccc([N+](=O)[O-])c1)C1CCNCC1. The summed E-state index contributed by atoms with van der Waals surface area (Å²) in [5.41, 5.74) is 0.0155. The maximum atomic E-state index is 12.9. The first-order chi connectivity index (χ1) is 12.4. The first-order valence-electron chi connectivity index (χ1n) is 9.00. The Kier molecular flexibility index (Phi) is 7.08. The molecule has 1 heterocycles. The summed E-state index contributed by atoms with van der Waals surface area (Å²) >= 11 is 0. The van der Waals surface area contributed by atoms with Crippen molar-refractivity contribution in [3.05, 3.63) is 39.9 Å². The number of amides is 2. The van der Waals surface area contributed by atoms with Crippen molar-refractivity contribution in [1.82, 2.24) is 15.5 Å². The fourth-order valence-electron chi connectivity index (χ4n) is 3.18. The molecule has 142 valence electrons. The van der Waals surface area contributed by atoms with Crippen LogP contribution in [0.2, 0.25) is 0 Å². The van der Waals surface area contributed by atoms with Crippen molar-refractivity contribution in [2.24, 2.45) is 0 Å². The molecule has 1 aliphatic rings. The van der Waals surface area contributed by atoms with E-state index < -0.39 is 16.9 Å². The number of piperidine rings is 1. The molecule has 1 atom stereocenters. The van der Waals surface area contributed by atoms with Gasteiger partial charge in [0.2, 0.25) is 5.91 Å². The summed E-state index contributed by atoms with van der Waals surface area (Å²) < 4.78 is 0. The van der Waals surface area contributed by atoms with Gasteiger partial charge in [0.25, 0.3) is 11.6 Å². The third kappa shape index (κ3) is 5.01. The minimum Gasteiger partial charge on any atom is -0.341 e. The summed E-state index contributed by atoms with van der Waals surface area (Å²) in [5.74, 6) is -0.603. The first-order valence-corrected chi connectivity index (χ1v) is 9.00. The monoisotopic (exact) mass is 362 g/mol. The molecule has 8 heteroatoms. The second-order valence-corrected chi connectivity index (χ2v) is 6.52. The standard InChI is InChI=1S/C18H26N4O4/c1-3-11-21(15-7-9-19-10-8-15)18(24)13(2)20-17(23)14-5-4-6-16(12-14)22(25)26/h4-6,12-13,15,19H,3,7-11H2,1-2H3,(H,20,23). The van der Waals surface area contributed by atoms with E-state index in [4.69, 9.17) is 0 Å². The minimum absolute atomic E-state index is 0.113. The molecule has 2 N–H and O–H groups in total. The Morgan fingerprint density at radius 2 is 2.08 bits per heavy atom. The number of carbonyl (C=O) groups is 2. The van der Waals surface area contributed by atoms with Crippen LogP contribution >= 0.6 is 0 Å². The van der Waals surface area contributed by atoms with E-state index in [1.165, 1.54) is 24.3 Å². The molecular weight excluding hydrogens is 336 g/mol. The lowest BCUT2D eigenvalue weighted by Gasteiger charge is -2.36. The van der Waals surface area contributed by atoms with E-state index in [0.717, 1.165) is 32.4 Å². The van der Waals surface area contributed by atoms with Crippen molar-refractivity contribution in [3.63, 3.8) is 0 Å². The van der Waals surface area contributed by atoms with Crippen LogP contribution in [0.3, 0.4) is 0 Å². The van der Waals surface area contributed by atoms with Crippen LogP contribution < -0.4 is 10.6 Å². The highest BCUT2D eigenvalue weighted by Gasteiger charge is 2.29. The van der Waals surface area contributed by atoms with E-state index in [2.05, 4.69) is 10.6 Å². The largest absolute Gasteiger partial charge is 0.341 e. The predicted molar refractivity (Wildman–Crippen MR) is 97.9 cm³/mol. The van der Waals surface area contributed by atoms with Gasteiger partial charge in [-0.2, -0.15) is 0 Å². The Morgan fingerprint density at radius 3 is 2.69 bits per heavy atom. The number of carbonyl (C=O) groups excluding carboxylic acids is 2. The van der Waals surface area contributed by atoms with Crippen LogP contribution in [0, 0.1) is 10.1 Å². The topological polar surface area (TPSA) is 105 Å². The third-order valence-electron chi connectivity index (χ3n) is 4.53. The molecule has 0 aliphatic carbocycles. The molecule has 2 rings (SSSR count). The molecule has 1 aromatic carbocycles. The molecule has 1 unspecified atom stereocenters. The molecule has 0 saturated carbocycles. The lowest BCUT2D eigenvalue weighted by atomic mass is 10.0. The maximum absolute atomic E-state index is 12.9. The van der Waals surface area contributed by atoms with Crippen LogP contribution in [0.25, 0.3) is 0 Å². The van der Waals surface area contributed by atoms with Gasteiger partial charge >= 0.3 is 0 Å². The highest BCUT2D eigenvalue weighted by atomic mass is 16.6. The van der Waals surface area contributed by atoms with Crippen molar-refractivity contribution < 1.29 is 14.5 Å². The van der Waals surface area contributed by atoms with Gasteiger partial charge in [-0.05, 0) is 45.3 Å². The zero-order valence-electron chi connectivity index (χ0n) is 15.2. The summed E-state index contributed by atoms with van der Waals surface area (Å²) in [7, 11) is 0. The second-order valence-electron chi connectivity index (χ2n) is 6.52. The van der Waals surface area contributed by atoms with Gasteiger partial charge in [-0.1, -0.05) is 13.0 Å². The molecule has 1 aliphatic heterocycles. The van der Waals surface area contributed by atoms with Gasteiger partial charge in [-0.15, -0.1) is 0 Å². The molecule has 1 aromatic rings. The second kappa shape index (κ2) is 9.28. The maximum Gasteiger partial charge on any atom is 0.270 e. The number of benzene rings is 1. The summed E-state index contributed by atoms with van der Waals surface area (Å²) in [6.45, 7) is 6.09. The summed E-state index contributed by atoms with van der Waals surface area (Å²) in [4.78, 5) is 37.4. The van der Waals surface area contributed by atoms with Gasteiger partial charge in [0.05, 0.1) is 4.92 Å². The van der Waals surface area contributed by atoms with E-state index in [9.17, 15) is 19.7 Å². The number of nitro groups is 1. The van der Waals surface area contributed by atoms with E-state index in [-0.39, 0.29) is 23.2 Å². The number of nitro benzene ring substituents is 1. The number of non-ortho nitro benzene ring substituents is 1. The van der Waals surface area contributed by atoms with Crippen LogP contribution in [-0.2, 0) is 4.79 Å². The molecule has 0 radical (unpaired) electrons. The smallest absolute Gasteiger partial charge is 0.270 e. The Labute approximate surface area is 153 Å².